The van der Waals surface area contributed by atoms with E-state index in [0.29, 0.717) is 43.8 Å². The van der Waals surface area contributed by atoms with Gasteiger partial charge in [-0.3, -0.25) is 9.59 Å². The predicted molar refractivity (Wildman–Crippen MR) is 114 cm³/mol. The number of nitrogens with zero attached hydrogens (tertiary/aromatic N) is 2. The molecule has 0 radical (unpaired) electrons. The number of methoxy groups -OCH3 is 1. The van der Waals surface area contributed by atoms with E-state index in [1.807, 2.05) is 37.3 Å². The van der Waals surface area contributed by atoms with Gasteiger partial charge < -0.3 is 19.9 Å². The summed E-state index contributed by atoms with van der Waals surface area (Å²) in [6.45, 7) is 3.54. The third-order valence-corrected chi connectivity index (χ3v) is 5.59. The zero-order valence-electron chi connectivity index (χ0n) is 17.3. The van der Waals surface area contributed by atoms with Crippen LogP contribution in [-0.2, 0) is 11.3 Å². The number of hydrogen-bond acceptors (Lipinski definition) is 4. The van der Waals surface area contributed by atoms with Gasteiger partial charge in [-0.1, -0.05) is 12.1 Å². The topological polar surface area (TPSA) is 87.3 Å². The molecule has 30 heavy (non-hydrogen) atoms. The van der Waals surface area contributed by atoms with Gasteiger partial charge in [0.05, 0.1) is 24.7 Å². The lowest BCUT2D eigenvalue weighted by Gasteiger charge is -2.31. The highest BCUT2D eigenvalue weighted by molar-refractivity contribution is 5.94. The summed E-state index contributed by atoms with van der Waals surface area (Å²) in [7, 11) is 1.58. The quantitative estimate of drug-likeness (QED) is 0.682. The van der Waals surface area contributed by atoms with Crippen LogP contribution in [0.4, 0.5) is 0 Å². The maximum absolute atomic E-state index is 12.7. The number of imidazole rings is 1. The van der Waals surface area contributed by atoms with Crippen molar-refractivity contribution in [3.05, 3.63) is 59.4 Å². The number of nitrogens with one attached hydrogen (secondary N) is 2. The Bertz CT molecular complexity index is 1070. The van der Waals surface area contributed by atoms with Crippen molar-refractivity contribution >= 4 is 22.8 Å². The number of amides is 2. The molecule has 0 atom stereocenters. The lowest BCUT2D eigenvalue weighted by molar-refractivity contribution is -0.126. The molecule has 4 rings (SSSR count). The van der Waals surface area contributed by atoms with Crippen molar-refractivity contribution in [2.75, 3.05) is 20.2 Å². The number of ether oxygens (including phenoxy) is 1. The highest BCUT2D eigenvalue weighted by Crippen LogP contribution is 2.21. The molecule has 0 spiro atoms. The van der Waals surface area contributed by atoms with Crippen LogP contribution in [0.1, 0.15) is 34.6 Å². The molecule has 0 bridgehead atoms. The Morgan fingerprint density at radius 1 is 1.20 bits per heavy atom. The molecule has 0 unspecified atom stereocenters. The molecule has 1 saturated heterocycles. The van der Waals surface area contributed by atoms with E-state index in [0.717, 1.165) is 22.4 Å². The number of aryl methyl sites for hydroxylation is 1. The lowest BCUT2D eigenvalue weighted by atomic mass is 9.95. The third-order valence-electron chi connectivity index (χ3n) is 5.59. The van der Waals surface area contributed by atoms with E-state index >= 15 is 0 Å². The highest BCUT2D eigenvalue weighted by Gasteiger charge is 2.28. The van der Waals surface area contributed by atoms with Crippen LogP contribution >= 0.6 is 0 Å². The van der Waals surface area contributed by atoms with Crippen molar-refractivity contribution in [1.29, 1.82) is 0 Å². The van der Waals surface area contributed by atoms with Crippen molar-refractivity contribution in [1.82, 2.24) is 20.2 Å². The second-order valence-electron chi connectivity index (χ2n) is 7.72. The first-order valence-corrected chi connectivity index (χ1v) is 10.2. The first-order chi connectivity index (χ1) is 14.5. The molecule has 156 valence electrons. The number of carbonyl (C=O) groups is 2. The largest absolute Gasteiger partial charge is 0.497 e. The Morgan fingerprint density at radius 3 is 2.77 bits per heavy atom. The van der Waals surface area contributed by atoms with Crippen molar-refractivity contribution < 1.29 is 14.3 Å². The van der Waals surface area contributed by atoms with Gasteiger partial charge in [0, 0.05) is 24.6 Å². The molecule has 2 heterocycles. The van der Waals surface area contributed by atoms with Gasteiger partial charge in [0.1, 0.15) is 11.6 Å². The second-order valence-corrected chi connectivity index (χ2v) is 7.72. The van der Waals surface area contributed by atoms with Gasteiger partial charge in [-0.15, -0.1) is 0 Å². The number of carbonyl (C=O) groups excluding carboxylic acids is 2. The molecule has 1 aromatic heterocycles. The van der Waals surface area contributed by atoms with Crippen LogP contribution in [0.25, 0.3) is 11.0 Å². The van der Waals surface area contributed by atoms with E-state index < -0.39 is 0 Å². The minimum Gasteiger partial charge on any atom is -0.497 e. The van der Waals surface area contributed by atoms with Crippen LogP contribution in [0.5, 0.6) is 5.75 Å². The fourth-order valence-corrected chi connectivity index (χ4v) is 3.86. The maximum atomic E-state index is 12.7. The summed E-state index contributed by atoms with van der Waals surface area (Å²) in [5.41, 5.74) is 3.65. The fourth-order valence-electron chi connectivity index (χ4n) is 3.86. The van der Waals surface area contributed by atoms with Gasteiger partial charge in [0.15, 0.2) is 0 Å². The van der Waals surface area contributed by atoms with Gasteiger partial charge >= 0.3 is 0 Å². The molecule has 2 N–H and O–H groups in total. The summed E-state index contributed by atoms with van der Waals surface area (Å²) in [4.78, 5) is 34.9. The Labute approximate surface area is 175 Å². The number of hydrogen-bond donors (Lipinski definition) is 2. The minimum absolute atomic E-state index is 0.0140. The number of aromatic nitrogens is 2. The van der Waals surface area contributed by atoms with Gasteiger partial charge in [-0.25, -0.2) is 4.98 Å². The van der Waals surface area contributed by atoms with Crippen LogP contribution < -0.4 is 10.1 Å². The van der Waals surface area contributed by atoms with Crippen LogP contribution in [0.15, 0.2) is 42.5 Å². The minimum atomic E-state index is -0.0917. The number of rotatable bonds is 5. The molecule has 1 aliphatic heterocycles. The number of H-pyrrole nitrogens is 1. The molecule has 0 saturated carbocycles. The van der Waals surface area contributed by atoms with Crippen molar-refractivity contribution in [2.45, 2.75) is 26.3 Å². The number of piperidine rings is 1. The number of benzene rings is 2. The monoisotopic (exact) mass is 406 g/mol. The van der Waals surface area contributed by atoms with Crippen molar-refractivity contribution in [2.24, 2.45) is 5.92 Å². The molecule has 2 amide bonds. The van der Waals surface area contributed by atoms with E-state index in [1.54, 1.807) is 24.1 Å². The first-order valence-electron chi connectivity index (χ1n) is 10.2. The molecule has 7 nitrogen and oxygen atoms in total. The molecule has 7 heteroatoms. The normalized spacial score (nSPS) is 14.7. The zero-order chi connectivity index (χ0) is 21.1. The van der Waals surface area contributed by atoms with Crippen molar-refractivity contribution in [3.8, 4) is 5.75 Å². The summed E-state index contributed by atoms with van der Waals surface area (Å²) in [6.07, 6.45) is 1.31. The summed E-state index contributed by atoms with van der Waals surface area (Å²) in [6, 6.07) is 13.2. The molecule has 3 aromatic rings. The number of aromatic amines is 1. The highest BCUT2D eigenvalue weighted by atomic mass is 16.5. The molecule has 2 aromatic carbocycles. The first kappa shape index (κ1) is 19.9. The van der Waals surface area contributed by atoms with Crippen LogP contribution in [0, 0.1) is 12.8 Å². The van der Waals surface area contributed by atoms with Crippen LogP contribution in [-0.4, -0.2) is 46.9 Å². The lowest BCUT2D eigenvalue weighted by Crippen LogP contribution is -2.43. The molecular weight excluding hydrogens is 380 g/mol. The Balaban J connectivity index is 1.29. The summed E-state index contributed by atoms with van der Waals surface area (Å²) in [5.74, 6) is 1.31. The average molecular weight is 406 g/mol. The van der Waals surface area contributed by atoms with E-state index in [9.17, 15) is 9.59 Å². The summed E-state index contributed by atoms with van der Waals surface area (Å²) >= 11 is 0. The summed E-state index contributed by atoms with van der Waals surface area (Å²) < 4.78 is 5.20. The summed E-state index contributed by atoms with van der Waals surface area (Å²) in [5, 5.41) is 2.98. The zero-order valence-corrected chi connectivity index (χ0v) is 17.3. The Morgan fingerprint density at radius 2 is 2.00 bits per heavy atom. The SMILES string of the molecule is COc1cccc(C(=O)N2CCC(C(=O)NCc3nc4ccc(C)cc4[nH]3)CC2)c1. The molecule has 0 aliphatic carbocycles. The second kappa shape index (κ2) is 8.57. The molecule has 1 fully saturated rings. The molecule has 1 aliphatic rings. The third kappa shape index (κ3) is 4.30. The number of fused-ring (bicyclic) bond motifs is 1. The number of likely N-dealkylation sites (tertiary alicyclic amines) is 1. The predicted octanol–water partition coefficient (Wildman–Crippen LogP) is 3.05. The Kier molecular flexibility index (Phi) is 5.70. The fraction of sp³-hybridized carbons (Fsp3) is 0.348. The smallest absolute Gasteiger partial charge is 0.253 e. The standard InChI is InChI=1S/C23H26N4O3/c1-15-6-7-19-20(12-15)26-21(25-19)14-24-22(28)16-8-10-27(11-9-16)23(29)17-4-3-5-18(13-17)30-2/h3-7,12-13,16H,8-11,14H2,1-2H3,(H,24,28)(H,25,26). The van der Waals surface area contributed by atoms with E-state index in [4.69, 9.17) is 4.74 Å². The van der Waals surface area contributed by atoms with E-state index in [2.05, 4.69) is 15.3 Å². The maximum Gasteiger partial charge on any atom is 0.253 e. The van der Waals surface area contributed by atoms with Crippen LogP contribution in [0.3, 0.4) is 0 Å². The van der Waals surface area contributed by atoms with Gasteiger partial charge in [0.25, 0.3) is 5.91 Å². The molecular formula is C23H26N4O3. The van der Waals surface area contributed by atoms with E-state index in [-0.39, 0.29) is 17.7 Å². The van der Waals surface area contributed by atoms with Gasteiger partial charge in [0.2, 0.25) is 5.91 Å². The van der Waals surface area contributed by atoms with E-state index in [1.165, 1.54) is 0 Å². The average Bonchev–Trinajstić information content (AvgIpc) is 3.19. The Hall–Kier alpha value is -3.35. The van der Waals surface area contributed by atoms with Gasteiger partial charge in [-0.2, -0.15) is 0 Å². The van der Waals surface area contributed by atoms with Crippen LogP contribution in [0.2, 0.25) is 0 Å². The van der Waals surface area contributed by atoms with Crippen molar-refractivity contribution in [3.63, 3.8) is 0 Å². The van der Waals surface area contributed by atoms with Gasteiger partial charge in [-0.05, 0) is 55.7 Å².